The summed E-state index contributed by atoms with van der Waals surface area (Å²) in [7, 11) is 7.82. The molecule has 1 aliphatic rings. The Kier molecular flexibility index (Phi) is 7.20. The molecule has 5 aromatic carbocycles. The summed E-state index contributed by atoms with van der Waals surface area (Å²) in [6.45, 7) is 9.59. The maximum absolute atomic E-state index is 10.5. The highest BCUT2D eigenvalue weighted by Gasteiger charge is 2.36. The molecule has 0 bridgehead atoms. The standard InChI is InChI=1S/C38H37B2O2/c1-36(2,41)37(3,4)42-40-31-21-17-29(18-22-31)38(5,28-15-19-30(39)20-16-28)27-13-10-25(11-14-27)35-24-26-12-23-32(26)33-8-6-7-9-34(33)35/h6-11,13-22,24,41H,12,23H2,1-5H3. The highest BCUT2D eigenvalue weighted by molar-refractivity contribution is 6.47. The Morgan fingerprint density at radius 2 is 1.24 bits per heavy atom. The lowest BCUT2D eigenvalue weighted by Crippen LogP contribution is -2.49. The summed E-state index contributed by atoms with van der Waals surface area (Å²) in [5.74, 6) is 0. The first-order valence-corrected chi connectivity index (χ1v) is 14.8. The van der Waals surface area contributed by atoms with Crippen molar-refractivity contribution in [3.63, 3.8) is 0 Å². The highest BCUT2D eigenvalue weighted by atomic mass is 16.5. The van der Waals surface area contributed by atoms with Crippen LogP contribution in [0, 0.1) is 0 Å². The van der Waals surface area contributed by atoms with Crippen LogP contribution in [-0.4, -0.2) is 31.6 Å². The molecule has 3 radical (unpaired) electrons. The van der Waals surface area contributed by atoms with Crippen molar-refractivity contribution in [2.45, 2.75) is 64.1 Å². The lowest BCUT2D eigenvalue weighted by molar-refractivity contribution is -0.0893. The van der Waals surface area contributed by atoms with Crippen LogP contribution in [-0.2, 0) is 22.9 Å². The van der Waals surface area contributed by atoms with E-state index in [-0.39, 0.29) is 0 Å². The van der Waals surface area contributed by atoms with Crippen molar-refractivity contribution in [3.8, 4) is 11.1 Å². The molecular formula is C38H37B2O2. The molecule has 207 valence electrons. The first-order chi connectivity index (χ1) is 20.0. The van der Waals surface area contributed by atoms with Crippen LogP contribution in [0.2, 0.25) is 0 Å². The molecule has 0 amide bonds. The molecule has 0 fully saturated rings. The Morgan fingerprint density at radius 1 is 0.690 bits per heavy atom. The first kappa shape index (κ1) is 28.5. The lowest BCUT2D eigenvalue weighted by Gasteiger charge is -2.37. The summed E-state index contributed by atoms with van der Waals surface area (Å²) in [6, 6.07) is 37.0. The average Bonchev–Trinajstić information content (AvgIpc) is 2.96. The van der Waals surface area contributed by atoms with E-state index in [0.717, 1.165) is 17.3 Å². The minimum atomic E-state index is -0.976. The van der Waals surface area contributed by atoms with E-state index in [9.17, 15) is 5.11 Å². The molecule has 1 aliphatic carbocycles. The smallest absolute Gasteiger partial charge is 0.330 e. The van der Waals surface area contributed by atoms with Crippen LogP contribution in [0.3, 0.4) is 0 Å². The number of hydrogen-bond acceptors (Lipinski definition) is 2. The zero-order chi connectivity index (χ0) is 29.7. The fourth-order valence-corrected chi connectivity index (χ4v) is 5.89. The third-order valence-electron chi connectivity index (χ3n) is 9.61. The number of aliphatic hydroxyl groups is 1. The van der Waals surface area contributed by atoms with Gasteiger partial charge in [-0.1, -0.05) is 114 Å². The fraction of sp³-hybridized carbons (Fsp3) is 0.263. The van der Waals surface area contributed by atoms with E-state index in [2.05, 4.69) is 97.9 Å². The van der Waals surface area contributed by atoms with Crippen molar-refractivity contribution in [2.24, 2.45) is 0 Å². The van der Waals surface area contributed by atoms with Gasteiger partial charge in [0.1, 0.15) is 7.85 Å². The summed E-state index contributed by atoms with van der Waals surface area (Å²) >= 11 is 0. The van der Waals surface area contributed by atoms with Crippen LogP contribution in [0.1, 0.15) is 62.4 Å². The van der Waals surface area contributed by atoms with Gasteiger partial charge in [0.25, 0.3) is 0 Å². The number of aryl methyl sites for hydroxylation is 2. The summed E-state index contributed by atoms with van der Waals surface area (Å²) in [4.78, 5) is 0. The van der Waals surface area contributed by atoms with Gasteiger partial charge in [-0.2, -0.15) is 0 Å². The van der Waals surface area contributed by atoms with E-state index in [1.54, 1.807) is 21.3 Å². The van der Waals surface area contributed by atoms with Gasteiger partial charge in [-0.25, -0.2) is 0 Å². The summed E-state index contributed by atoms with van der Waals surface area (Å²) in [5, 5.41) is 13.2. The third kappa shape index (κ3) is 5.02. The maximum Gasteiger partial charge on any atom is 0.330 e. The van der Waals surface area contributed by atoms with Crippen molar-refractivity contribution < 1.29 is 9.76 Å². The van der Waals surface area contributed by atoms with Crippen LogP contribution in [0.4, 0.5) is 0 Å². The summed E-state index contributed by atoms with van der Waals surface area (Å²) in [5.41, 5.74) is 8.67. The van der Waals surface area contributed by atoms with Crippen LogP contribution in [0.15, 0.2) is 103 Å². The molecule has 0 spiro atoms. The van der Waals surface area contributed by atoms with Gasteiger partial charge in [0, 0.05) is 5.41 Å². The Morgan fingerprint density at radius 3 is 1.79 bits per heavy atom. The van der Waals surface area contributed by atoms with E-state index in [0.29, 0.717) is 0 Å². The second-order valence-electron chi connectivity index (χ2n) is 12.9. The van der Waals surface area contributed by atoms with Crippen molar-refractivity contribution in [1.29, 1.82) is 0 Å². The maximum atomic E-state index is 10.5. The third-order valence-corrected chi connectivity index (χ3v) is 9.61. The van der Waals surface area contributed by atoms with Crippen molar-refractivity contribution in [3.05, 3.63) is 131 Å². The van der Waals surface area contributed by atoms with Gasteiger partial charge >= 0.3 is 7.48 Å². The molecule has 2 nitrogen and oxygen atoms in total. The molecule has 0 aromatic heterocycles. The van der Waals surface area contributed by atoms with Crippen molar-refractivity contribution >= 4 is 37.0 Å². The number of benzene rings is 5. The van der Waals surface area contributed by atoms with E-state index in [1.807, 2.05) is 26.0 Å². The second-order valence-corrected chi connectivity index (χ2v) is 12.9. The predicted octanol–water partition coefficient (Wildman–Crippen LogP) is 6.56. The van der Waals surface area contributed by atoms with Gasteiger partial charge in [-0.3, -0.25) is 0 Å². The van der Waals surface area contributed by atoms with Crippen LogP contribution in [0.25, 0.3) is 21.9 Å². The number of rotatable bonds is 8. The molecule has 0 saturated heterocycles. The lowest BCUT2D eigenvalue weighted by atomic mass is 9.69. The second kappa shape index (κ2) is 10.6. The van der Waals surface area contributed by atoms with Crippen LogP contribution >= 0.6 is 0 Å². The van der Waals surface area contributed by atoms with E-state index in [4.69, 9.17) is 12.5 Å². The quantitative estimate of drug-likeness (QED) is 0.176. The molecule has 42 heavy (non-hydrogen) atoms. The molecule has 1 N–H and O–H groups in total. The number of hydrogen-bond donors (Lipinski definition) is 1. The van der Waals surface area contributed by atoms with E-state index in [1.165, 1.54) is 56.1 Å². The SMILES string of the molecule is [B]c1ccc(C(C)(c2ccc([B]OC(C)(C)C(C)(C)O)cc2)c2ccc(-c3cc4c(c5ccccc35)CC4)cc2)cc1. The zero-order valence-electron chi connectivity index (χ0n) is 25.2. The van der Waals surface area contributed by atoms with Gasteiger partial charge in [0.15, 0.2) is 0 Å². The Hall–Kier alpha value is -3.59. The monoisotopic (exact) mass is 547 g/mol. The minimum absolute atomic E-state index is 0.402. The van der Waals surface area contributed by atoms with E-state index < -0.39 is 16.6 Å². The van der Waals surface area contributed by atoms with Crippen LogP contribution < -0.4 is 10.9 Å². The molecule has 1 atom stereocenters. The van der Waals surface area contributed by atoms with Gasteiger partial charge in [0.05, 0.1) is 11.2 Å². The largest absolute Gasteiger partial charge is 0.427 e. The minimum Gasteiger partial charge on any atom is -0.427 e. The Balaban J connectivity index is 1.36. The average molecular weight is 547 g/mol. The van der Waals surface area contributed by atoms with Crippen molar-refractivity contribution in [2.75, 3.05) is 0 Å². The van der Waals surface area contributed by atoms with Crippen molar-refractivity contribution in [1.82, 2.24) is 0 Å². The highest BCUT2D eigenvalue weighted by Crippen LogP contribution is 2.41. The molecule has 0 saturated carbocycles. The Labute approximate surface area is 252 Å². The van der Waals surface area contributed by atoms with Crippen LogP contribution in [0.5, 0.6) is 0 Å². The topological polar surface area (TPSA) is 29.5 Å². The van der Waals surface area contributed by atoms with Gasteiger partial charge in [-0.15, -0.1) is 0 Å². The fourth-order valence-electron chi connectivity index (χ4n) is 5.89. The predicted molar refractivity (Wildman–Crippen MR) is 177 cm³/mol. The molecule has 0 heterocycles. The van der Waals surface area contributed by atoms with Gasteiger partial charge in [-0.05, 0) is 97.2 Å². The molecule has 0 aliphatic heterocycles. The number of fused-ring (bicyclic) bond motifs is 3. The molecule has 6 rings (SSSR count). The molecule has 1 unspecified atom stereocenters. The zero-order valence-corrected chi connectivity index (χ0v) is 25.2. The molecule has 5 aromatic rings. The molecule has 4 heteroatoms. The normalized spacial score (nSPS) is 14.6. The van der Waals surface area contributed by atoms with E-state index >= 15 is 0 Å². The molecular weight excluding hydrogens is 510 g/mol. The van der Waals surface area contributed by atoms with Gasteiger partial charge in [0.2, 0.25) is 0 Å². The Bertz CT molecular complexity index is 1730. The summed E-state index contributed by atoms with van der Waals surface area (Å²) < 4.78 is 6.00. The summed E-state index contributed by atoms with van der Waals surface area (Å²) in [6.07, 6.45) is 2.34. The first-order valence-electron chi connectivity index (χ1n) is 14.8. The van der Waals surface area contributed by atoms with Gasteiger partial charge < -0.3 is 9.76 Å².